The van der Waals surface area contributed by atoms with Gasteiger partial charge in [0.25, 0.3) is 0 Å². The summed E-state index contributed by atoms with van der Waals surface area (Å²) in [7, 11) is 1.95. The van der Waals surface area contributed by atoms with Crippen LogP contribution in [0.3, 0.4) is 0 Å². The highest BCUT2D eigenvalue weighted by Gasteiger charge is 2.15. The van der Waals surface area contributed by atoms with E-state index >= 15 is 0 Å². The van der Waals surface area contributed by atoms with Crippen LogP contribution < -0.4 is 5.32 Å². The number of nitrogens with one attached hydrogen (secondary N) is 1. The summed E-state index contributed by atoms with van der Waals surface area (Å²) < 4.78 is 13.4. The molecule has 0 aromatic heterocycles. The van der Waals surface area contributed by atoms with Gasteiger partial charge in [-0.2, -0.15) is 0 Å². The summed E-state index contributed by atoms with van der Waals surface area (Å²) in [5.41, 5.74) is 1.78. The second-order valence-electron chi connectivity index (χ2n) is 4.10. The molecule has 0 aliphatic heterocycles. The van der Waals surface area contributed by atoms with Crippen LogP contribution in [0.2, 0.25) is 0 Å². The second kappa shape index (κ2) is 5.26. The van der Waals surface area contributed by atoms with Crippen LogP contribution in [-0.2, 0) is 0 Å². The molecular formula is C13H20FN. The monoisotopic (exact) mass is 209 g/mol. The zero-order chi connectivity index (χ0) is 11.4. The van der Waals surface area contributed by atoms with E-state index in [2.05, 4.69) is 19.2 Å². The first kappa shape index (κ1) is 12.2. The molecule has 1 aromatic rings. The average molecular weight is 209 g/mol. The minimum absolute atomic E-state index is 0.106. The van der Waals surface area contributed by atoms with Gasteiger partial charge in [-0.25, -0.2) is 4.39 Å². The van der Waals surface area contributed by atoms with Crippen molar-refractivity contribution >= 4 is 0 Å². The Hall–Kier alpha value is -0.890. The van der Waals surface area contributed by atoms with Crippen LogP contribution in [0.15, 0.2) is 18.2 Å². The van der Waals surface area contributed by atoms with Gasteiger partial charge in [-0.05, 0) is 43.5 Å². The van der Waals surface area contributed by atoms with Gasteiger partial charge in [-0.3, -0.25) is 0 Å². The van der Waals surface area contributed by atoms with Crippen molar-refractivity contribution in [3.05, 3.63) is 35.1 Å². The molecular weight excluding hydrogens is 189 g/mol. The van der Waals surface area contributed by atoms with E-state index in [0.29, 0.717) is 17.5 Å². The summed E-state index contributed by atoms with van der Waals surface area (Å²) in [4.78, 5) is 0. The Morgan fingerprint density at radius 1 is 1.40 bits per heavy atom. The first-order valence-corrected chi connectivity index (χ1v) is 5.53. The van der Waals surface area contributed by atoms with Crippen molar-refractivity contribution in [2.75, 3.05) is 7.05 Å². The summed E-state index contributed by atoms with van der Waals surface area (Å²) in [6.07, 6.45) is 1.05. The molecule has 0 amide bonds. The van der Waals surface area contributed by atoms with Crippen LogP contribution in [0.25, 0.3) is 0 Å². The average Bonchev–Trinajstić information content (AvgIpc) is 2.23. The fourth-order valence-corrected chi connectivity index (χ4v) is 1.93. The molecule has 2 atom stereocenters. The van der Waals surface area contributed by atoms with Crippen molar-refractivity contribution < 1.29 is 4.39 Å². The van der Waals surface area contributed by atoms with Crippen molar-refractivity contribution in [1.82, 2.24) is 5.32 Å². The van der Waals surface area contributed by atoms with Crippen molar-refractivity contribution in [1.29, 1.82) is 0 Å². The highest BCUT2D eigenvalue weighted by atomic mass is 19.1. The molecule has 0 saturated heterocycles. The minimum atomic E-state index is -0.106. The molecule has 2 unspecified atom stereocenters. The highest BCUT2D eigenvalue weighted by molar-refractivity contribution is 5.26. The zero-order valence-electron chi connectivity index (χ0n) is 9.97. The fraction of sp³-hybridized carbons (Fsp3) is 0.538. The van der Waals surface area contributed by atoms with Crippen LogP contribution in [0.4, 0.5) is 4.39 Å². The van der Waals surface area contributed by atoms with Crippen molar-refractivity contribution in [2.45, 2.75) is 39.2 Å². The summed E-state index contributed by atoms with van der Waals surface area (Å²) in [6, 6.07) is 5.93. The Kier molecular flexibility index (Phi) is 4.28. The Bertz CT molecular complexity index is 318. The molecule has 1 rings (SSSR count). The van der Waals surface area contributed by atoms with Crippen LogP contribution in [0.1, 0.15) is 37.3 Å². The van der Waals surface area contributed by atoms with Crippen LogP contribution in [0.5, 0.6) is 0 Å². The van der Waals surface area contributed by atoms with E-state index in [0.717, 1.165) is 12.0 Å². The number of hydrogen-bond acceptors (Lipinski definition) is 1. The predicted octanol–water partition coefficient (Wildman–Crippen LogP) is 3.24. The predicted molar refractivity (Wildman–Crippen MR) is 62.7 cm³/mol. The molecule has 1 aromatic carbocycles. The van der Waals surface area contributed by atoms with Gasteiger partial charge < -0.3 is 5.32 Å². The topological polar surface area (TPSA) is 12.0 Å². The fourth-order valence-electron chi connectivity index (χ4n) is 1.93. The number of hydrogen-bond donors (Lipinski definition) is 1. The summed E-state index contributed by atoms with van der Waals surface area (Å²) in [5, 5.41) is 3.26. The standard InChI is InChI=1S/C13H20FN/c1-5-13(15-4)10(3)11-7-6-9(2)12(14)8-11/h6-8,10,13,15H,5H2,1-4H3. The smallest absolute Gasteiger partial charge is 0.126 e. The lowest BCUT2D eigenvalue weighted by Gasteiger charge is -2.22. The zero-order valence-corrected chi connectivity index (χ0v) is 9.97. The van der Waals surface area contributed by atoms with Gasteiger partial charge in [0, 0.05) is 6.04 Å². The Balaban J connectivity index is 2.90. The summed E-state index contributed by atoms with van der Waals surface area (Å²) in [6.45, 7) is 6.07. The summed E-state index contributed by atoms with van der Waals surface area (Å²) >= 11 is 0. The molecule has 0 fully saturated rings. The number of benzene rings is 1. The highest BCUT2D eigenvalue weighted by Crippen LogP contribution is 2.22. The van der Waals surface area contributed by atoms with E-state index in [-0.39, 0.29) is 5.82 Å². The van der Waals surface area contributed by atoms with Crippen molar-refractivity contribution in [3.63, 3.8) is 0 Å². The van der Waals surface area contributed by atoms with Gasteiger partial charge in [0.05, 0.1) is 0 Å². The Morgan fingerprint density at radius 3 is 2.53 bits per heavy atom. The maximum atomic E-state index is 13.4. The van der Waals surface area contributed by atoms with E-state index in [9.17, 15) is 4.39 Å². The molecule has 0 bridgehead atoms. The molecule has 0 spiro atoms. The number of likely N-dealkylation sites (N-methyl/N-ethyl adjacent to an activating group) is 1. The molecule has 2 heteroatoms. The minimum Gasteiger partial charge on any atom is -0.316 e. The molecule has 0 aliphatic carbocycles. The third-order valence-electron chi connectivity index (χ3n) is 3.14. The van der Waals surface area contributed by atoms with Gasteiger partial charge >= 0.3 is 0 Å². The van der Waals surface area contributed by atoms with Crippen LogP contribution >= 0.6 is 0 Å². The van der Waals surface area contributed by atoms with Crippen LogP contribution in [-0.4, -0.2) is 13.1 Å². The van der Waals surface area contributed by atoms with Crippen molar-refractivity contribution in [3.8, 4) is 0 Å². The van der Waals surface area contributed by atoms with E-state index in [4.69, 9.17) is 0 Å². The van der Waals surface area contributed by atoms with Crippen LogP contribution in [0, 0.1) is 12.7 Å². The molecule has 0 radical (unpaired) electrons. The normalized spacial score (nSPS) is 15.0. The molecule has 0 aliphatic rings. The lowest BCUT2D eigenvalue weighted by atomic mass is 9.91. The number of rotatable bonds is 4. The Labute approximate surface area is 91.7 Å². The number of halogens is 1. The van der Waals surface area contributed by atoms with Gasteiger partial charge in [0.1, 0.15) is 5.82 Å². The quantitative estimate of drug-likeness (QED) is 0.802. The molecule has 1 N–H and O–H groups in total. The molecule has 15 heavy (non-hydrogen) atoms. The lowest BCUT2D eigenvalue weighted by Crippen LogP contribution is -2.29. The van der Waals surface area contributed by atoms with Crippen molar-refractivity contribution in [2.24, 2.45) is 0 Å². The molecule has 0 saturated carbocycles. The summed E-state index contributed by atoms with van der Waals surface area (Å²) in [5.74, 6) is 0.236. The van der Waals surface area contributed by atoms with Gasteiger partial charge in [0.2, 0.25) is 0 Å². The maximum Gasteiger partial charge on any atom is 0.126 e. The SMILES string of the molecule is CCC(NC)C(C)c1ccc(C)c(F)c1. The van der Waals surface area contributed by atoms with E-state index in [1.165, 1.54) is 0 Å². The second-order valence-corrected chi connectivity index (χ2v) is 4.10. The first-order chi connectivity index (χ1) is 7.10. The largest absolute Gasteiger partial charge is 0.316 e. The van der Waals surface area contributed by atoms with E-state index in [1.807, 2.05) is 19.2 Å². The third kappa shape index (κ3) is 2.78. The molecule has 0 heterocycles. The number of aryl methyl sites for hydroxylation is 1. The van der Waals surface area contributed by atoms with E-state index in [1.54, 1.807) is 13.0 Å². The lowest BCUT2D eigenvalue weighted by molar-refractivity contribution is 0.470. The van der Waals surface area contributed by atoms with Gasteiger partial charge in [-0.15, -0.1) is 0 Å². The van der Waals surface area contributed by atoms with E-state index < -0.39 is 0 Å². The molecule has 1 nitrogen and oxygen atoms in total. The maximum absolute atomic E-state index is 13.4. The van der Waals surface area contributed by atoms with Gasteiger partial charge in [-0.1, -0.05) is 26.0 Å². The Morgan fingerprint density at radius 2 is 2.07 bits per heavy atom. The third-order valence-corrected chi connectivity index (χ3v) is 3.14. The first-order valence-electron chi connectivity index (χ1n) is 5.53. The molecule has 84 valence electrons. The van der Waals surface area contributed by atoms with Gasteiger partial charge in [0.15, 0.2) is 0 Å².